The number of rotatable bonds is 23. The minimum Gasteiger partial charge on any atom is -0.463 e. The van der Waals surface area contributed by atoms with E-state index >= 15 is 0 Å². The number of carbonyl (C=O) groups is 1. The molecule has 6 aromatic carbocycles. The van der Waals surface area contributed by atoms with Crippen molar-refractivity contribution >= 4 is 5.97 Å². The van der Waals surface area contributed by atoms with Crippen LogP contribution in [0.3, 0.4) is 0 Å². The number of benzene rings is 6. The van der Waals surface area contributed by atoms with Crippen molar-refractivity contribution < 1.29 is 42.7 Å². The summed E-state index contributed by atoms with van der Waals surface area (Å²) in [4.78, 5) is 13.3. The van der Waals surface area contributed by atoms with Crippen molar-refractivity contribution in [3.05, 3.63) is 215 Å². The van der Waals surface area contributed by atoms with Gasteiger partial charge in [-0.25, -0.2) is 0 Å². The number of carbonyl (C=O) groups excluding carboxylic acids is 1. The summed E-state index contributed by atoms with van der Waals surface area (Å²) in [6.45, 7) is 1.84. The average Bonchev–Trinajstić information content (AvgIpc) is 3.31. The van der Waals surface area contributed by atoms with E-state index in [9.17, 15) is 4.79 Å². The predicted octanol–water partition coefficient (Wildman–Crippen LogP) is 9.07. The van der Waals surface area contributed by atoms with Crippen molar-refractivity contribution in [1.82, 2.24) is 0 Å². The van der Waals surface area contributed by atoms with E-state index in [1.807, 2.05) is 182 Å². The summed E-state index contributed by atoms with van der Waals surface area (Å²) in [6.07, 6.45) is -4.56. The van der Waals surface area contributed by atoms with Gasteiger partial charge in [-0.15, -0.1) is 0 Å². The van der Waals surface area contributed by atoms with E-state index in [1.165, 1.54) is 0 Å². The fourth-order valence-electron chi connectivity index (χ4n) is 7.06. The van der Waals surface area contributed by atoms with Gasteiger partial charge < -0.3 is 37.9 Å². The minimum absolute atomic E-state index is 0.110. The van der Waals surface area contributed by atoms with Gasteiger partial charge in [-0.3, -0.25) is 4.79 Å². The predicted molar refractivity (Wildman–Crippen MR) is 232 cm³/mol. The van der Waals surface area contributed by atoms with Gasteiger partial charge in [0.1, 0.15) is 37.1 Å². The number of esters is 1. The van der Waals surface area contributed by atoms with Gasteiger partial charge in [0, 0.05) is 0 Å². The molecule has 0 radical (unpaired) electrons. The molecule has 0 amide bonds. The summed E-state index contributed by atoms with van der Waals surface area (Å²) in [5.74, 6) is -0.389. The van der Waals surface area contributed by atoms with Gasteiger partial charge in [0.05, 0.1) is 52.7 Å². The molecule has 0 bridgehead atoms. The Labute approximate surface area is 359 Å². The van der Waals surface area contributed by atoms with Crippen LogP contribution < -0.4 is 0 Å². The van der Waals surface area contributed by atoms with Crippen LogP contribution in [0.25, 0.3) is 0 Å². The summed E-state index contributed by atoms with van der Waals surface area (Å²) < 4.78 is 52.8. The molecular weight excluding hydrogens is 769 g/mol. The Bertz CT molecular complexity index is 2050. The van der Waals surface area contributed by atoms with Gasteiger partial charge in [0.25, 0.3) is 0 Å². The Balaban J connectivity index is 1.19. The highest BCUT2D eigenvalue weighted by Gasteiger charge is 2.50. The molecule has 1 heterocycles. The first-order valence-corrected chi connectivity index (χ1v) is 20.9. The third-order valence-electron chi connectivity index (χ3n) is 10.2. The van der Waals surface area contributed by atoms with Gasteiger partial charge in [0.15, 0.2) is 6.29 Å². The van der Waals surface area contributed by atoms with Crippen LogP contribution in [0.2, 0.25) is 0 Å². The van der Waals surface area contributed by atoms with Crippen LogP contribution in [-0.2, 0) is 82.1 Å². The Hall–Kier alpha value is -5.49. The monoisotopic (exact) mass is 822 g/mol. The average molecular weight is 823 g/mol. The van der Waals surface area contributed by atoms with Crippen LogP contribution in [0.1, 0.15) is 33.4 Å². The molecule has 0 N–H and O–H groups in total. The second-order valence-electron chi connectivity index (χ2n) is 14.9. The molecule has 6 aromatic rings. The molecule has 0 spiro atoms. The molecule has 9 heteroatoms. The Morgan fingerprint density at radius 2 is 0.803 bits per heavy atom. The highest BCUT2D eigenvalue weighted by atomic mass is 16.7. The van der Waals surface area contributed by atoms with Crippen LogP contribution in [0.5, 0.6) is 0 Å². The highest BCUT2D eigenvalue weighted by Crippen LogP contribution is 2.32. The highest BCUT2D eigenvalue weighted by molar-refractivity contribution is 5.72. The van der Waals surface area contributed by atoms with Gasteiger partial charge in [0.2, 0.25) is 0 Å². The lowest BCUT2D eigenvalue weighted by Crippen LogP contribution is -2.62. The van der Waals surface area contributed by atoms with Crippen LogP contribution in [0.4, 0.5) is 0 Å². The minimum atomic E-state index is -1.01. The van der Waals surface area contributed by atoms with E-state index in [0.717, 1.165) is 33.4 Å². The molecule has 1 aliphatic heterocycles. The Kier molecular flexibility index (Phi) is 17.2. The van der Waals surface area contributed by atoms with Gasteiger partial charge in [-0.2, -0.15) is 0 Å². The topological polar surface area (TPSA) is 90.9 Å². The lowest BCUT2D eigenvalue weighted by Gasteiger charge is -2.46. The summed E-state index contributed by atoms with van der Waals surface area (Å²) >= 11 is 0. The number of hydrogen-bond acceptors (Lipinski definition) is 9. The van der Waals surface area contributed by atoms with Crippen molar-refractivity contribution in [2.75, 3.05) is 19.8 Å². The number of ether oxygens (including phenoxy) is 8. The largest absolute Gasteiger partial charge is 0.463 e. The van der Waals surface area contributed by atoms with Crippen molar-refractivity contribution in [2.24, 2.45) is 0 Å². The summed E-state index contributed by atoms with van der Waals surface area (Å²) in [7, 11) is 0. The first kappa shape index (κ1) is 43.6. The molecule has 5 atom stereocenters. The van der Waals surface area contributed by atoms with E-state index in [4.69, 9.17) is 37.9 Å². The zero-order valence-corrected chi connectivity index (χ0v) is 34.3. The van der Waals surface area contributed by atoms with Crippen LogP contribution >= 0.6 is 0 Å². The third kappa shape index (κ3) is 14.3. The maximum absolute atomic E-state index is 13.3. The summed E-state index contributed by atoms with van der Waals surface area (Å²) in [5, 5.41) is 0. The molecule has 0 aliphatic carbocycles. The van der Waals surface area contributed by atoms with Gasteiger partial charge >= 0.3 is 5.97 Å². The van der Waals surface area contributed by atoms with E-state index in [0.29, 0.717) is 13.2 Å². The van der Waals surface area contributed by atoms with Gasteiger partial charge in [-0.05, 0) is 33.4 Å². The molecule has 61 heavy (non-hydrogen) atoms. The summed E-state index contributed by atoms with van der Waals surface area (Å²) in [5.41, 5.74) is 5.83. The Morgan fingerprint density at radius 1 is 0.443 bits per heavy atom. The Morgan fingerprint density at radius 3 is 1.23 bits per heavy atom. The fraction of sp³-hybridized carbons (Fsp3) is 0.288. The van der Waals surface area contributed by atoms with Crippen molar-refractivity contribution in [2.45, 2.75) is 76.3 Å². The van der Waals surface area contributed by atoms with E-state index in [1.54, 1.807) is 0 Å². The first-order valence-electron chi connectivity index (χ1n) is 20.9. The lowest BCUT2D eigenvalue weighted by molar-refractivity contribution is -0.339. The molecule has 1 saturated heterocycles. The van der Waals surface area contributed by atoms with E-state index < -0.39 is 36.8 Å². The van der Waals surface area contributed by atoms with Gasteiger partial charge in [-0.1, -0.05) is 182 Å². The molecule has 7 rings (SSSR count). The zero-order chi connectivity index (χ0) is 41.7. The third-order valence-corrected chi connectivity index (χ3v) is 10.2. The molecule has 9 nitrogen and oxygen atoms in total. The maximum atomic E-state index is 13.3. The van der Waals surface area contributed by atoms with E-state index in [2.05, 4.69) is 0 Å². The van der Waals surface area contributed by atoms with Crippen LogP contribution in [0.15, 0.2) is 182 Å². The molecule has 0 saturated carbocycles. The van der Waals surface area contributed by atoms with Crippen molar-refractivity contribution in [1.29, 1.82) is 0 Å². The maximum Gasteiger partial charge on any atom is 0.310 e. The SMILES string of the molecule is O=C(Cc1ccccc1)OC[C@H]1O[C@@H](OC(COCc2ccccc2)COCc2ccccc2)[C@H](OCc2ccccc2)[C@@H](OCc2ccccc2)[C@H]1OCc1ccccc1. The number of hydrogen-bond donors (Lipinski definition) is 0. The normalized spacial score (nSPS) is 18.8. The molecule has 1 fully saturated rings. The summed E-state index contributed by atoms with van der Waals surface area (Å²) in [6, 6.07) is 59.3. The molecule has 316 valence electrons. The molecule has 1 aliphatic rings. The molecule has 0 aromatic heterocycles. The standard InChI is InChI=1S/C52H54O9/c53-48(31-40-19-7-1-8-20-40)56-39-47-49(57-34-43-25-13-4-14-26-43)50(58-35-44-27-15-5-16-28-44)51(59-36-45-29-17-6-18-30-45)52(61-47)60-46(37-54-32-41-21-9-2-10-22-41)38-55-33-42-23-11-3-12-24-42/h1-30,46-47,49-52H,31-39H2/t47-,49+,50+,51-,52-/m1/s1. The lowest BCUT2D eigenvalue weighted by atomic mass is 9.97. The second kappa shape index (κ2) is 24.1. The van der Waals surface area contributed by atoms with E-state index in [-0.39, 0.29) is 52.0 Å². The second-order valence-corrected chi connectivity index (χ2v) is 14.9. The molecule has 0 unspecified atom stereocenters. The zero-order valence-electron chi connectivity index (χ0n) is 34.3. The fourth-order valence-corrected chi connectivity index (χ4v) is 7.06. The van der Waals surface area contributed by atoms with Crippen LogP contribution in [0, 0.1) is 0 Å². The molecular formula is C52H54O9. The smallest absolute Gasteiger partial charge is 0.310 e. The van der Waals surface area contributed by atoms with Crippen molar-refractivity contribution in [3.8, 4) is 0 Å². The quantitative estimate of drug-likeness (QED) is 0.0588. The van der Waals surface area contributed by atoms with Crippen LogP contribution in [-0.4, -0.2) is 62.6 Å². The van der Waals surface area contributed by atoms with Crippen molar-refractivity contribution in [3.63, 3.8) is 0 Å². The first-order chi connectivity index (χ1) is 30.2.